The van der Waals surface area contributed by atoms with Crippen LogP contribution in [-0.4, -0.2) is 23.1 Å². The molecule has 1 aromatic heterocycles. The molecule has 0 saturated heterocycles. The number of rotatable bonds is 3. The standard InChI is InChI=1S/C16H16ClFN2O2/c1-22-15-14(21)8-12-10-19(6-7-20(12)16(15)18)9-11-4-2-3-5-13(11)17/h2-5,8H,6-7,9-10H2,1H3. The normalized spacial score (nSPS) is 14.7. The first kappa shape index (κ1) is 15.1. The molecule has 2 aromatic rings. The van der Waals surface area contributed by atoms with Crippen molar-refractivity contribution in [2.45, 2.75) is 19.6 Å². The quantitative estimate of drug-likeness (QED) is 0.815. The molecule has 116 valence electrons. The van der Waals surface area contributed by atoms with E-state index in [4.69, 9.17) is 16.3 Å². The Balaban J connectivity index is 1.86. The van der Waals surface area contributed by atoms with Gasteiger partial charge in [0.25, 0.3) is 0 Å². The summed E-state index contributed by atoms with van der Waals surface area (Å²) in [5.41, 5.74) is 1.25. The van der Waals surface area contributed by atoms with Crippen molar-refractivity contribution in [2.24, 2.45) is 0 Å². The van der Waals surface area contributed by atoms with Gasteiger partial charge in [-0.2, -0.15) is 4.39 Å². The van der Waals surface area contributed by atoms with Gasteiger partial charge in [0, 0.05) is 43.0 Å². The fourth-order valence-electron chi connectivity index (χ4n) is 2.75. The Hall–Kier alpha value is -1.85. The van der Waals surface area contributed by atoms with Crippen LogP contribution < -0.4 is 10.2 Å². The average Bonchev–Trinajstić information content (AvgIpc) is 2.50. The molecule has 3 rings (SSSR count). The third kappa shape index (κ3) is 2.74. The Kier molecular flexibility index (Phi) is 4.18. The predicted molar refractivity (Wildman–Crippen MR) is 82.8 cm³/mol. The van der Waals surface area contributed by atoms with Gasteiger partial charge in [-0.3, -0.25) is 9.69 Å². The van der Waals surface area contributed by atoms with Gasteiger partial charge in [-0.25, -0.2) is 0 Å². The van der Waals surface area contributed by atoms with Crippen LogP contribution in [0.2, 0.25) is 5.02 Å². The molecule has 22 heavy (non-hydrogen) atoms. The van der Waals surface area contributed by atoms with Gasteiger partial charge < -0.3 is 9.30 Å². The first-order chi connectivity index (χ1) is 10.6. The smallest absolute Gasteiger partial charge is 0.240 e. The van der Waals surface area contributed by atoms with Gasteiger partial charge in [0.15, 0.2) is 0 Å². The van der Waals surface area contributed by atoms with Crippen molar-refractivity contribution in [3.05, 3.63) is 62.8 Å². The van der Waals surface area contributed by atoms with Crippen LogP contribution in [0, 0.1) is 5.95 Å². The lowest BCUT2D eigenvalue weighted by molar-refractivity contribution is 0.197. The van der Waals surface area contributed by atoms with Gasteiger partial charge in [0.1, 0.15) is 0 Å². The highest BCUT2D eigenvalue weighted by molar-refractivity contribution is 6.31. The minimum atomic E-state index is -0.595. The van der Waals surface area contributed by atoms with Crippen molar-refractivity contribution in [1.29, 1.82) is 0 Å². The van der Waals surface area contributed by atoms with Crippen molar-refractivity contribution in [3.8, 4) is 5.75 Å². The Morgan fingerprint density at radius 1 is 1.32 bits per heavy atom. The second-order valence-corrected chi connectivity index (χ2v) is 5.68. The van der Waals surface area contributed by atoms with E-state index in [9.17, 15) is 9.18 Å². The summed E-state index contributed by atoms with van der Waals surface area (Å²) in [5, 5.41) is 0.714. The lowest BCUT2D eigenvalue weighted by atomic mass is 10.1. The molecule has 0 spiro atoms. The highest BCUT2D eigenvalue weighted by atomic mass is 35.5. The molecule has 6 heteroatoms. The van der Waals surface area contributed by atoms with Crippen LogP contribution in [0.15, 0.2) is 35.1 Å². The number of ether oxygens (including phenoxy) is 1. The maximum Gasteiger partial charge on any atom is 0.240 e. The summed E-state index contributed by atoms with van der Waals surface area (Å²) in [6.45, 7) is 2.33. The maximum atomic E-state index is 14.2. The monoisotopic (exact) mass is 322 g/mol. The zero-order valence-electron chi connectivity index (χ0n) is 12.2. The van der Waals surface area contributed by atoms with Crippen molar-refractivity contribution >= 4 is 11.6 Å². The summed E-state index contributed by atoms with van der Waals surface area (Å²) in [4.78, 5) is 14.0. The van der Waals surface area contributed by atoms with Gasteiger partial charge in [-0.15, -0.1) is 0 Å². The van der Waals surface area contributed by atoms with Crippen molar-refractivity contribution < 1.29 is 9.13 Å². The van der Waals surface area contributed by atoms with E-state index in [-0.39, 0.29) is 5.75 Å². The first-order valence-electron chi connectivity index (χ1n) is 7.02. The molecule has 2 heterocycles. The van der Waals surface area contributed by atoms with Crippen LogP contribution >= 0.6 is 11.6 Å². The zero-order valence-corrected chi connectivity index (χ0v) is 12.9. The summed E-state index contributed by atoms with van der Waals surface area (Å²) in [6.07, 6.45) is 0. The third-order valence-electron chi connectivity index (χ3n) is 3.87. The number of nitrogens with zero attached hydrogens (tertiary/aromatic N) is 2. The third-order valence-corrected chi connectivity index (χ3v) is 4.24. The molecule has 0 N–H and O–H groups in total. The molecule has 0 fully saturated rings. The second-order valence-electron chi connectivity index (χ2n) is 5.28. The van der Waals surface area contributed by atoms with Gasteiger partial charge in [0.05, 0.1) is 7.11 Å². The van der Waals surface area contributed by atoms with E-state index in [1.54, 1.807) is 0 Å². The molecule has 1 aliphatic heterocycles. The number of pyridine rings is 1. The van der Waals surface area contributed by atoms with E-state index in [1.807, 2.05) is 24.3 Å². The van der Waals surface area contributed by atoms with Gasteiger partial charge in [0.2, 0.25) is 17.1 Å². The number of hydrogen-bond acceptors (Lipinski definition) is 3. The average molecular weight is 323 g/mol. The molecule has 4 nitrogen and oxygen atoms in total. The number of fused-ring (bicyclic) bond motifs is 1. The minimum Gasteiger partial charge on any atom is -0.489 e. The first-order valence-corrected chi connectivity index (χ1v) is 7.40. The molecular formula is C16H16ClFN2O2. The molecule has 0 radical (unpaired) electrons. The highest BCUT2D eigenvalue weighted by Gasteiger charge is 2.22. The number of hydrogen-bond donors (Lipinski definition) is 0. The number of aromatic nitrogens is 1. The number of methoxy groups -OCH3 is 1. The lowest BCUT2D eigenvalue weighted by Gasteiger charge is -2.31. The van der Waals surface area contributed by atoms with Crippen LogP contribution in [-0.2, 0) is 19.6 Å². The molecular weight excluding hydrogens is 307 g/mol. The molecule has 1 aliphatic rings. The topological polar surface area (TPSA) is 34.5 Å². The largest absolute Gasteiger partial charge is 0.489 e. The van der Waals surface area contributed by atoms with E-state index >= 15 is 0 Å². The van der Waals surface area contributed by atoms with Crippen LogP contribution in [0.25, 0.3) is 0 Å². The Labute approximate surface area is 132 Å². The summed E-state index contributed by atoms with van der Waals surface area (Å²) < 4.78 is 20.6. The second kappa shape index (κ2) is 6.10. The van der Waals surface area contributed by atoms with Gasteiger partial charge in [-0.1, -0.05) is 29.8 Å². The van der Waals surface area contributed by atoms with Crippen molar-refractivity contribution in [3.63, 3.8) is 0 Å². The predicted octanol–water partition coefficient (Wildman–Crippen LogP) is 2.67. The number of benzene rings is 1. The molecule has 0 unspecified atom stereocenters. The fraction of sp³-hybridized carbons (Fsp3) is 0.312. The van der Waals surface area contributed by atoms with Crippen molar-refractivity contribution in [2.75, 3.05) is 13.7 Å². The lowest BCUT2D eigenvalue weighted by Crippen LogP contribution is -2.36. The van der Waals surface area contributed by atoms with E-state index in [1.165, 1.54) is 17.7 Å². The zero-order chi connectivity index (χ0) is 15.7. The van der Waals surface area contributed by atoms with Crippen LogP contribution in [0.3, 0.4) is 0 Å². The molecule has 0 amide bonds. The summed E-state index contributed by atoms with van der Waals surface area (Å²) in [6, 6.07) is 9.09. The summed E-state index contributed by atoms with van der Waals surface area (Å²) in [7, 11) is 1.30. The van der Waals surface area contributed by atoms with Crippen molar-refractivity contribution in [1.82, 2.24) is 9.47 Å². The Morgan fingerprint density at radius 2 is 2.09 bits per heavy atom. The number of halogens is 2. The molecule has 0 saturated carbocycles. The van der Waals surface area contributed by atoms with E-state index in [0.29, 0.717) is 36.9 Å². The summed E-state index contributed by atoms with van der Waals surface area (Å²) >= 11 is 6.18. The molecule has 0 bridgehead atoms. The highest BCUT2D eigenvalue weighted by Crippen LogP contribution is 2.22. The van der Waals surface area contributed by atoms with Gasteiger partial charge in [-0.05, 0) is 11.6 Å². The maximum absolute atomic E-state index is 14.2. The van der Waals surface area contributed by atoms with E-state index in [0.717, 1.165) is 5.56 Å². The van der Waals surface area contributed by atoms with Crippen LogP contribution in [0.5, 0.6) is 5.75 Å². The fourth-order valence-corrected chi connectivity index (χ4v) is 2.95. The molecule has 0 atom stereocenters. The van der Waals surface area contributed by atoms with E-state index < -0.39 is 11.4 Å². The minimum absolute atomic E-state index is 0.219. The SMILES string of the molecule is COc1c(F)n2c(cc1=O)CN(Cc1ccccc1Cl)CC2. The Morgan fingerprint density at radius 3 is 2.82 bits per heavy atom. The van der Waals surface area contributed by atoms with Crippen LogP contribution in [0.4, 0.5) is 4.39 Å². The Bertz CT molecular complexity index is 760. The van der Waals surface area contributed by atoms with Crippen LogP contribution in [0.1, 0.15) is 11.3 Å². The van der Waals surface area contributed by atoms with Gasteiger partial charge >= 0.3 is 0 Å². The molecule has 1 aromatic carbocycles. The molecule has 0 aliphatic carbocycles. The summed E-state index contributed by atoms with van der Waals surface area (Å²) in [5.74, 6) is -0.814. The van der Waals surface area contributed by atoms with E-state index in [2.05, 4.69) is 4.90 Å².